The molecule has 0 radical (unpaired) electrons. The van der Waals surface area contributed by atoms with Crippen LogP contribution in [-0.2, 0) is 7.05 Å². The minimum Gasteiger partial charge on any atom is -0.324 e. The van der Waals surface area contributed by atoms with Gasteiger partial charge in [-0.25, -0.2) is 4.98 Å². The number of carbonyl (C=O) groups excluding carboxylic acids is 1. The second kappa shape index (κ2) is 4.24. The summed E-state index contributed by atoms with van der Waals surface area (Å²) in [5, 5.41) is 6.83. The average molecular weight is 255 g/mol. The highest BCUT2D eigenvalue weighted by atomic mass is 16.2. The Morgan fingerprint density at radius 2 is 2.16 bits per heavy atom. The van der Waals surface area contributed by atoms with Crippen molar-refractivity contribution in [3.63, 3.8) is 0 Å². The number of benzene rings is 1. The van der Waals surface area contributed by atoms with Crippen LogP contribution in [0.4, 0.5) is 5.95 Å². The van der Waals surface area contributed by atoms with Crippen molar-refractivity contribution in [2.24, 2.45) is 7.05 Å². The van der Waals surface area contributed by atoms with Crippen molar-refractivity contribution in [2.45, 2.75) is 6.92 Å². The Bertz CT molecular complexity index is 703. The highest BCUT2D eigenvalue weighted by Crippen LogP contribution is 2.14. The molecule has 0 aliphatic heterocycles. The normalized spacial score (nSPS) is 10.8. The van der Waals surface area contributed by atoms with Gasteiger partial charge in [0.05, 0.1) is 11.0 Å². The van der Waals surface area contributed by atoms with E-state index in [0.29, 0.717) is 11.6 Å². The van der Waals surface area contributed by atoms with Gasteiger partial charge in [0, 0.05) is 12.7 Å². The van der Waals surface area contributed by atoms with E-state index in [9.17, 15) is 4.79 Å². The number of aromatic nitrogens is 4. The number of amides is 1. The zero-order chi connectivity index (χ0) is 13.4. The van der Waals surface area contributed by atoms with E-state index < -0.39 is 0 Å². The summed E-state index contributed by atoms with van der Waals surface area (Å²) in [6, 6.07) is 9.33. The van der Waals surface area contributed by atoms with E-state index in [2.05, 4.69) is 20.4 Å². The number of hydrogen-bond acceptors (Lipinski definition) is 3. The van der Waals surface area contributed by atoms with E-state index in [4.69, 9.17) is 0 Å². The number of imidazole rings is 1. The van der Waals surface area contributed by atoms with Crippen LogP contribution in [0.3, 0.4) is 0 Å². The number of para-hydroxylation sites is 2. The summed E-state index contributed by atoms with van der Waals surface area (Å²) in [5.41, 5.74) is 3.00. The predicted molar refractivity (Wildman–Crippen MR) is 72.0 cm³/mol. The van der Waals surface area contributed by atoms with Gasteiger partial charge < -0.3 is 4.98 Å². The van der Waals surface area contributed by atoms with Gasteiger partial charge in [0.15, 0.2) is 5.69 Å². The molecule has 2 heterocycles. The van der Waals surface area contributed by atoms with E-state index in [-0.39, 0.29) is 5.91 Å². The highest BCUT2D eigenvalue weighted by molar-refractivity contribution is 6.02. The fraction of sp³-hybridized carbons (Fsp3) is 0.154. The van der Waals surface area contributed by atoms with Gasteiger partial charge in [0.25, 0.3) is 5.91 Å². The van der Waals surface area contributed by atoms with Crippen LogP contribution < -0.4 is 5.32 Å². The van der Waals surface area contributed by atoms with Crippen molar-refractivity contribution >= 4 is 22.9 Å². The molecule has 96 valence electrons. The maximum Gasteiger partial charge on any atom is 0.278 e. The molecule has 1 aromatic carbocycles. The highest BCUT2D eigenvalue weighted by Gasteiger charge is 2.13. The number of carbonyl (C=O) groups is 1. The molecule has 6 nitrogen and oxygen atoms in total. The molecular formula is C13H13N5O. The van der Waals surface area contributed by atoms with Crippen LogP contribution in [0, 0.1) is 6.92 Å². The van der Waals surface area contributed by atoms with Gasteiger partial charge >= 0.3 is 0 Å². The molecule has 0 bridgehead atoms. The summed E-state index contributed by atoms with van der Waals surface area (Å²) in [7, 11) is 1.80. The third-order valence-corrected chi connectivity index (χ3v) is 2.97. The number of hydrogen-bond donors (Lipinski definition) is 2. The first-order valence-electron chi connectivity index (χ1n) is 5.90. The number of nitrogens with one attached hydrogen (secondary N) is 2. The summed E-state index contributed by atoms with van der Waals surface area (Å²) in [5.74, 6) is 0.150. The van der Waals surface area contributed by atoms with Crippen molar-refractivity contribution in [1.29, 1.82) is 0 Å². The maximum absolute atomic E-state index is 12.0. The lowest BCUT2D eigenvalue weighted by Crippen LogP contribution is -2.13. The molecule has 0 atom stereocenters. The van der Waals surface area contributed by atoms with Crippen LogP contribution in [0.15, 0.2) is 30.3 Å². The van der Waals surface area contributed by atoms with Gasteiger partial charge in [-0.05, 0) is 25.1 Å². The number of fused-ring (bicyclic) bond motifs is 1. The summed E-state index contributed by atoms with van der Waals surface area (Å²) in [6.07, 6.45) is 0. The second-order valence-electron chi connectivity index (χ2n) is 4.35. The van der Waals surface area contributed by atoms with Crippen LogP contribution in [-0.4, -0.2) is 25.7 Å². The van der Waals surface area contributed by atoms with E-state index in [1.165, 1.54) is 0 Å². The maximum atomic E-state index is 12.0. The Balaban J connectivity index is 1.86. The molecule has 3 aromatic rings. The lowest BCUT2D eigenvalue weighted by molar-refractivity contribution is 0.102. The molecule has 2 N–H and O–H groups in total. The molecule has 19 heavy (non-hydrogen) atoms. The fourth-order valence-corrected chi connectivity index (χ4v) is 1.86. The molecule has 0 unspecified atom stereocenters. The monoisotopic (exact) mass is 255 g/mol. The van der Waals surface area contributed by atoms with E-state index in [0.717, 1.165) is 16.7 Å². The molecule has 0 aliphatic rings. The third-order valence-electron chi connectivity index (χ3n) is 2.97. The molecule has 1 amide bonds. The fourth-order valence-electron chi connectivity index (χ4n) is 1.86. The number of nitrogens with zero attached hydrogens (tertiary/aromatic N) is 3. The van der Waals surface area contributed by atoms with Gasteiger partial charge in [0.2, 0.25) is 5.95 Å². The zero-order valence-electron chi connectivity index (χ0n) is 10.6. The van der Waals surface area contributed by atoms with E-state index in [1.807, 2.05) is 31.2 Å². The van der Waals surface area contributed by atoms with Crippen molar-refractivity contribution in [2.75, 3.05) is 5.32 Å². The number of anilines is 1. The Kier molecular flexibility index (Phi) is 2.56. The number of aryl methyl sites for hydroxylation is 2. The molecule has 6 heteroatoms. The minimum atomic E-state index is -0.275. The second-order valence-corrected chi connectivity index (χ2v) is 4.35. The Labute approximate surface area is 109 Å². The van der Waals surface area contributed by atoms with Crippen LogP contribution in [0.5, 0.6) is 0 Å². The smallest absolute Gasteiger partial charge is 0.278 e. The van der Waals surface area contributed by atoms with Gasteiger partial charge in [-0.2, -0.15) is 5.10 Å². The summed E-state index contributed by atoms with van der Waals surface area (Å²) >= 11 is 0. The first-order valence-corrected chi connectivity index (χ1v) is 5.90. The van der Waals surface area contributed by atoms with Gasteiger partial charge in [0.1, 0.15) is 0 Å². The predicted octanol–water partition coefficient (Wildman–Crippen LogP) is 1.86. The van der Waals surface area contributed by atoms with Gasteiger partial charge in [-0.15, -0.1) is 0 Å². The summed E-state index contributed by atoms with van der Waals surface area (Å²) < 4.78 is 1.66. The van der Waals surface area contributed by atoms with Crippen LogP contribution in [0.25, 0.3) is 11.0 Å². The van der Waals surface area contributed by atoms with Crippen LogP contribution in [0.1, 0.15) is 16.2 Å². The minimum absolute atomic E-state index is 0.275. The molecule has 0 saturated carbocycles. The van der Waals surface area contributed by atoms with Crippen molar-refractivity contribution in [3.05, 3.63) is 41.7 Å². The number of rotatable bonds is 2. The summed E-state index contributed by atoms with van der Waals surface area (Å²) in [6.45, 7) is 1.89. The molecule has 0 aliphatic carbocycles. The average Bonchev–Trinajstić information content (AvgIpc) is 2.93. The van der Waals surface area contributed by atoms with Crippen LogP contribution >= 0.6 is 0 Å². The summed E-state index contributed by atoms with van der Waals surface area (Å²) in [4.78, 5) is 19.3. The lowest BCUT2D eigenvalue weighted by Gasteiger charge is -1.97. The number of aromatic amines is 1. The van der Waals surface area contributed by atoms with Crippen molar-refractivity contribution in [3.8, 4) is 0 Å². The molecule has 3 rings (SSSR count). The first kappa shape index (κ1) is 11.5. The first-order chi connectivity index (χ1) is 9.13. The van der Waals surface area contributed by atoms with Crippen LogP contribution in [0.2, 0.25) is 0 Å². The third kappa shape index (κ3) is 2.08. The Hall–Kier alpha value is -2.63. The lowest BCUT2D eigenvalue weighted by atomic mass is 10.3. The molecule has 0 fully saturated rings. The molecule has 0 saturated heterocycles. The number of H-pyrrole nitrogens is 1. The molecule has 2 aromatic heterocycles. The standard InChI is InChI=1S/C13H13N5O/c1-8-7-11(17-18(8)2)12(19)16-13-14-9-5-3-4-6-10(9)15-13/h3-7H,1-2H3,(H2,14,15,16,19). The van der Waals surface area contributed by atoms with Gasteiger partial charge in [-0.1, -0.05) is 12.1 Å². The topological polar surface area (TPSA) is 75.6 Å². The SMILES string of the molecule is Cc1cc(C(=O)Nc2nc3ccccc3[nH]2)nn1C. The Morgan fingerprint density at radius 3 is 2.84 bits per heavy atom. The Morgan fingerprint density at radius 1 is 1.37 bits per heavy atom. The van der Waals surface area contributed by atoms with Gasteiger partial charge in [-0.3, -0.25) is 14.8 Å². The zero-order valence-corrected chi connectivity index (χ0v) is 10.6. The van der Waals surface area contributed by atoms with Crippen molar-refractivity contribution in [1.82, 2.24) is 19.7 Å². The largest absolute Gasteiger partial charge is 0.324 e. The molecular weight excluding hydrogens is 242 g/mol. The van der Waals surface area contributed by atoms with Crippen molar-refractivity contribution < 1.29 is 4.79 Å². The molecule has 0 spiro atoms. The van der Waals surface area contributed by atoms with E-state index in [1.54, 1.807) is 17.8 Å². The quantitative estimate of drug-likeness (QED) is 0.733. The van der Waals surface area contributed by atoms with E-state index >= 15 is 0 Å².